The molecule has 1 aliphatic heterocycles. The molecular formula is C11H22N2O2. The quantitative estimate of drug-likeness (QED) is 0.749. The number of hydrogen-bond donors (Lipinski definition) is 1. The maximum absolute atomic E-state index is 11.6. The minimum absolute atomic E-state index is 0.102. The van der Waals surface area contributed by atoms with E-state index in [2.05, 4.69) is 12.2 Å². The Kier molecular flexibility index (Phi) is 4.54. The van der Waals surface area contributed by atoms with Crippen molar-refractivity contribution in [3.63, 3.8) is 0 Å². The predicted molar refractivity (Wildman–Crippen MR) is 59.7 cm³/mol. The minimum Gasteiger partial charge on any atom is -0.378 e. The van der Waals surface area contributed by atoms with E-state index in [1.54, 1.807) is 19.0 Å². The Morgan fingerprint density at radius 1 is 1.53 bits per heavy atom. The lowest BCUT2D eigenvalue weighted by molar-refractivity contribution is -0.131. The summed E-state index contributed by atoms with van der Waals surface area (Å²) in [7, 11) is 3.57. The molecule has 3 atom stereocenters. The lowest BCUT2D eigenvalue weighted by atomic mass is 10.0. The van der Waals surface area contributed by atoms with Crippen LogP contribution in [0.4, 0.5) is 0 Å². The van der Waals surface area contributed by atoms with Gasteiger partial charge in [0.15, 0.2) is 0 Å². The van der Waals surface area contributed by atoms with Gasteiger partial charge in [0.05, 0.1) is 12.1 Å². The molecule has 88 valence electrons. The highest BCUT2D eigenvalue weighted by molar-refractivity contribution is 5.80. The van der Waals surface area contributed by atoms with Crippen molar-refractivity contribution in [3.05, 3.63) is 0 Å². The van der Waals surface area contributed by atoms with Crippen LogP contribution in [0.5, 0.6) is 0 Å². The minimum atomic E-state index is -0.102. The van der Waals surface area contributed by atoms with Gasteiger partial charge in [-0.15, -0.1) is 0 Å². The molecule has 1 saturated heterocycles. The normalized spacial score (nSPS) is 28.5. The van der Waals surface area contributed by atoms with E-state index in [4.69, 9.17) is 4.74 Å². The van der Waals surface area contributed by atoms with Crippen molar-refractivity contribution in [3.8, 4) is 0 Å². The second-order valence-electron chi connectivity index (χ2n) is 4.52. The van der Waals surface area contributed by atoms with Crippen molar-refractivity contribution < 1.29 is 9.53 Å². The highest BCUT2D eigenvalue weighted by Gasteiger charge is 2.23. The lowest BCUT2D eigenvalue weighted by Crippen LogP contribution is -2.48. The maximum atomic E-state index is 11.6. The van der Waals surface area contributed by atoms with Crippen LogP contribution in [0.25, 0.3) is 0 Å². The number of hydrogen-bond acceptors (Lipinski definition) is 3. The summed E-state index contributed by atoms with van der Waals surface area (Å²) in [5, 5.41) is 3.36. The first-order valence-electron chi connectivity index (χ1n) is 5.59. The molecule has 0 saturated carbocycles. The molecule has 0 aromatic carbocycles. The number of ether oxygens (including phenoxy) is 1. The highest BCUT2D eigenvalue weighted by Crippen LogP contribution is 2.13. The number of rotatable bonds is 3. The third-order valence-electron chi connectivity index (χ3n) is 2.78. The number of nitrogens with zero attached hydrogens (tertiary/aromatic N) is 1. The van der Waals surface area contributed by atoms with Crippen LogP contribution >= 0.6 is 0 Å². The van der Waals surface area contributed by atoms with E-state index in [9.17, 15) is 4.79 Å². The van der Waals surface area contributed by atoms with E-state index >= 15 is 0 Å². The number of carbonyl (C=O) groups is 1. The molecule has 1 fully saturated rings. The first-order valence-corrected chi connectivity index (χ1v) is 5.59. The van der Waals surface area contributed by atoms with Crippen molar-refractivity contribution in [1.82, 2.24) is 10.2 Å². The van der Waals surface area contributed by atoms with Gasteiger partial charge in [-0.2, -0.15) is 0 Å². The fourth-order valence-corrected chi connectivity index (χ4v) is 1.96. The summed E-state index contributed by atoms with van der Waals surface area (Å²) in [4.78, 5) is 13.3. The smallest absolute Gasteiger partial charge is 0.238 e. The van der Waals surface area contributed by atoms with Crippen LogP contribution < -0.4 is 5.32 Å². The summed E-state index contributed by atoms with van der Waals surface area (Å²) in [5.74, 6) is 0.133. The number of nitrogens with one attached hydrogen (secondary N) is 1. The van der Waals surface area contributed by atoms with Gasteiger partial charge in [-0.25, -0.2) is 0 Å². The Bertz CT molecular complexity index is 219. The number of likely N-dealkylation sites (N-methyl/N-ethyl adjacent to an activating group) is 1. The average Bonchev–Trinajstić information content (AvgIpc) is 2.16. The SMILES string of the molecule is CC1CC(NC(C)C(=O)N(C)C)CCO1. The van der Waals surface area contributed by atoms with Gasteiger partial charge in [-0.1, -0.05) is 0 Å². The summed E-state index contributed by atoms with van der Waals surface area (Å²) in [6.07, 6.45) is 2.29. The van der Waals surface area contributed by atoms with E-state index in [0.717, 1.165) is 19.4 Å². The average molecular weight is 214 g/mol. The maximum Gasteiger partial charge on any atom is 0.238 e. The Morgan fingerprint density at radius 3 is 2.73 bits per heavy atom. The monoisotopic (exact) mass is 214 g/mol. The zero-order valence-corrected chi connectivity index (χ0v) is 10.1. The van der Waals surface area contributed by atoms with Gasteiger partial charge in [0, 0.05) is 26.7 Å². The second-order valence-corrected chi connectivity index (χ2v) is 4.52. The molecule has 0 radical (unpaired) electrons. The molecule has 15 heavy (non-hydrogen) atoms. The third kappa shape index (κ3) is 3.80. The molecule has 0 bridgehead atoms. The van der Waals surface area contributed by atoms with Gasteiger partial charge < -0.3 is 15.0 Å². The highest BCUT2D eigenvalue weighted by atomic mass is 16.5. The van der Waals surface area contributed by atoms with Crippen molar-refractivity contribution >= 4 is 5.91 Å². The second kappa shape index (κ2) is 5.47. The van der Waals surface area contributed by atoms with Crippen LogP contribution in [0.2, 0.25) is 0 Å². The summed E-state index contributed by atoms with van der Waals surface area (Å²) in [6.45, 7) is 4.79. The predicted octanol–water partition coefficient (Wildman–Crippen LogP) is 0.620. The first kappa shape index (κ1) is 12.5. The zero-order chi connectivity index (χ0) is 11.4. The summed E-state index contributed by atoms with van der Waals surface area (Å²) < 4.78 is 5.46. The van der Waals surface area contributed by atoms with E-state index in [-0.39, 0.29) is 11.9 Å². The Balaban J connectivity index is 2.36. The molecule has 1 rings (SSSR count). The lowest BCUT2D eigenvalue weighted by Gasteiger charge is -2.30. The summed E-state index contributed by atoms with van der Waals surface area (Å²) in [5.41, 5.74) is 0. The molecular weight excluding hydrogens is 192 g/mol. The Hall–Kier alpha value is -0.610. The van der Waals surface area contributed by atoms with E-state index in [1.165, 1.54) is 0 Å². The standard InChI is InChI=1S/C11H22N2O2/c1-8-7-10(5-6-15-8)12-9(2)11(14)13(3)4/h8-10,12H,5-7H2,1-4H3. The molecule has 1 N–H and O–H groups in total. The summed E-state index contributed by atoms with van der Waals surface area (Å²) >= 11 is 0. The van der Waals surface area contributed by atoms with Gasteiger partial charge in [0.2, 0.25) is 5.91 Å². The van der Waals surface area contributed by atoms with E-state index in [0.29, 0.717) is 12.1 Å². The van der Waals surface area contributed by atoms with Gasteiger partial charge in [0.25, 0.3) is 0 Å². The van der Waals surface area contributed by atoms with Crippen LogP contribution in [0.15, 0.2) is 0 Å². The largest absolute Gasteiger partial charge is 0.378 e. The van der Waals surface area contributed by atoms with Crippen LogP contribution in [-0.2, 0) is 9.53 Å². The molecule has 0 aromatic heterocycles. The van der Waals surface area contributed by atoms with Gasteiger partial charge >= 0.3 is 0 Å². The fourth-order valence-electron chi connectivity index (χ4n) is 1.96. The van der Waals surface area contributed by atoms with Crippen LogP contribution in [0.3, 0.4) is 0 Å². The topological polar surface area (TPSA) is 41.6 Å². The van der Waals surface area contributed by atoms with Crippen molar-refractivity contribution in [2.75, 3.05) is 20.7 Å². The van der Waals surface area contributed by atoms with Crippen molar-refractivity contribution in [1.29, 1.82) is 0 Å². The van der Waals surface area contributed by atoms with Gasteiger partial charge in [-0.05, 0) is 26.7 Å². The van der Waals surface area contributed by atoms with Crippen LogP contribution in [0, 0.1) is 0 Å². The molecule has 1 aliphatic rings. The van der Waals surface area contributed by atoms with Crippen LogP contribution in [0.1, 0.15) is 26.7 Å². The van der Waals surface area contributed by atoms with Gasteiger partial charge in [-0.3, -0.25) is 4.79 Å². The summed E-state index contributed by atoms with van der Waals surface area (Å²) in [6, 6.07) is 0.308. The molecule has 0 aromatic rings. The molecule has 4 heteroatoms. The first-order chi connectivity index (χ1) is 7.00. The van der Waals surface area contributed by atoms with E-state index in [1.807, 2.05) is 6.92 Å². The van der Waals surface area contributed by atoms with Gasteiger partial charge in [0.1, 0.15) is 0 Å². The van der Waals surface area contributed by atoms with E-state index < -0.39 is 0 Å². The zero-order valence-electron chi connectivity index (χ0n) is 10.1. The molecule has 0 aliphatic carbocycles. The fraction of sp³-hybridized carbons (Fsp3) is 0.909. The Labute approximate surface area is 92.0 Å². The number of amides is 1. The molecule has 1 heterocycles. The number of carbonyl (C=O) groups excluding carboxylic acids is 1. The third-order valence-corrected chi connectivity index (χ3v) is 2.78. The van der Waals surface area contributed by atoms with Crippen LogP contribution in [-0.4, -0.2) is 49.7 Å². The molecule has 4 nitrogen and oxygen atoms in total. The van der Waals surface area contributed by atoms with Crippen molar-refractivity contribution in [2.45, 2.75) is 44.9 Å². The molecule has 3 unspecified atom stereocenters. The molecule has 0 spiro atoms. The Morgan fingerprint density at radius 2 is 2.20 bits per heavy atom. The molecule has 1 amide bonds. The van der Waals surface area contributed by atoms with Crippen molar-refractivity contribution in [2.24, 2.45) is 0 Å².